The van der Waals surface area contributed by atoms with Gasteiger partial charge in [0.25, 0.3) is 10.0 Å². The van der Waals surface area contributed by atoms with Crippen molar-refractivity contribution in [1.29, 1.82) is 0 Å². The number of hydrogen-bond donors (Lipinski definition) is 2. The molecule has 0 spiro atoms. The molecule has 0 amide bonds. The van der Waals surface area contributed by atoms with Gasteiger partial charge in [0.1, 0.15) is 4.21 Å². The van der Waals surface area contributed by atoms with Crippen molar-refractivity contribution in [2.24, 2.45) is 5.84 Å². The number of nitrogen functional groups attached to an aromatic ring is 1. The van der Waals surface area contributed by atoms with Crippen LogP contribution >= 0.6 is 11.3 Å². The molecule has 2 rings (SSSR count). The minimum atomic E-state index is -3.78. The van der Waals surface area contributed by atoms with Gasteiger partial charge < -0.3 is 10.2 Å². The molecule has 1 aromatic rings. The van der Waals surface area contributed by atoms with E-state index in [1.807, 2.05) is 0 Å². The second kappa shape index (κ2) is 5.61. The van der Waals surface area contributed by atoms with Crippen LogP contribution in [0.25, 0.3) is 0 Å². The molecule has 20 heavy (non-hydrogen) atoms. The molecule has 2 heterocycles. The smallest absolute Gasteiger partial charge is 0.306 e. The molecular formula is C9H14N4O5S2. The van der Waals surface area contributed by atoms with Crippen LogP contribution in [0.4, 0.5) is 10.7 Å². The van der Waals surface area contributed by atoms with Gasteiger partial charge >= 0.3 is 5.69 Å². The maximum absolute atomic E-state index is 12.5. The molecule has 1 aromatic heterocycles. The molecule has 0 bridgehead atoms. The monoisotopic (exact) mass is 322 g/mol. The molecule has 11 heteroatoms. The first-order chi connectivity index (χ1) is 9.37. The average molecular weight is 322 g/mol. The Labute approximate surface area is 119 Å². The van der Waals surface area contributed by atoms with Crippen LogP contribution < -0.4 is 11.3 Å². The van der Waals surface area contributed by atoms with Gasteiger partial charge in [0.05, 0.1) is 18.1 Å². The largest absolute Gasteiger partial charge is 0.378 e. The molecule has 9 nitrogen and oxygen atoms in total. The van der Waals surface area contributed by atoms with Crippen LogP contribution in [-0.4, -0.2) is 43.4 Å². The minimum absolute atomic E-state index is 0.00878. The summed E-state index contributed by atoms with van der Waals surface area (Å²) < 4.78 is 31.3. The van der Waals surface area contributed by atoms with E-state index < -0.39 is 14.9 Å². The number of nitro groups is 1. The molecule has 1 atom stereocenters. The van der Waals surface area contributed by atoms with Crippen LogP contribution in [0.3, 0.4) is 0 Å². The highest BCUT2D eigenvalue weighted by Crippen LogP contribution is 2.38. The van der Waals surface area contributed by atoms with E-state index in [1.54, 1.807) is 6.92 Å². The van der Waals surface area contributed by atoms with E-state index in [0.717, 1.165) is 17.4 Å². The lowest BCUT2D eigenvalue weighted by atomic mass is 10.3. The Balaban J connectivity index is 2.41. The lowest BCUT2D eigenvalue weighted by molar-refractivity contribution is -0.383. The Kier molecular flexibility index (Phi) is 4.25. The fraction of sp³-hybridized carbons (Fsp3) is 0.556. The van der Waals surface area contributed by atoms with E-state index in [0.29, 0.717) is 13.2 Å². The summed E-state index contributed by atoms with van der Waals surface area (Å²) >= 11 is 0.742. The molecule has 3 N–H and O–H groups in total. The number of sulfonamides is 1. The van der Waals surface area contributed by atoms with E-state index in [1.165, 1.54) is 4.31 Å². The summed E-state index contributed by atoms with van der Waals surface area (Å²) in [7, 11) is -3.78. The Bertz CT molecular complexity index is 614. The SMILES string of the molecule is CC1COCCN1S(=O)(=O)c1cc([N+](=O)[O-])c(NN)s1. The fourth-order valence-electron chi connectivity index (χ4n) is 1.91. The van der Waals surface area contributed by atoms with E-state index in [2.05, 4.69) is 5.43 Å². The normalized spacial score (nSPS) is 20.8. The van der Waals surface area contributed by atoms with Crippen LogP contribution in [0.15, 0.2) is 10.3 Å². The van der Waals surface area contributed by atoms with Crippen molar-refractivity contribution in [2.45, 2.75) is 17.2 Å². The quantitative estimate of drug-likeness (QED) is 0.465. The van der Waals surface area contributed by atoms with Crippen molar-refractivity contribution in [2.75, 3.05) is 25.2 Å². The van der Waals surface area contributed by atoms with Gasteiger partial charge in [-0.05, 0) is 6.92 Å². The first-order valence-electron chi connectivity index (χ1n) is 5.72. The van der Waals surface area contributed by atoms with Crippen LogP contribution in [0.2, 0.25) is 0 Å². The zero-order valence-corrected chi connectivity index (χ0v) is 12.2. The lowest BCUT2D eigenvalue weighted by Crippen LogP contribution is -2.46. The van der Waals surface area contributed by atoms with E-state index in [4.69, 9.17) is 10.6 Å². The van der Waals surface area contributed by atoms with Crippen LogP contribution in [0, 0.1) is 10.1 Å². The van der Waals surface area contributed by atoms with Gasteiger partial charge in [-0.25, -0.2) is 14.3 Å². The van der Waals surface area contributed by atoms with E-state index in [-0.39, 0.29) is 27.5 Å². The molecule has 112 valence electrons. The molecule has 1 fully saturated rings. The zero-order chi connectivity index (χ0) is 14.9. The average Bonchev–Trinajstić information content (AvgIpc) is 2.84. The molecule has 1 unspecified atom stereocenters. The van der Waals surface area contributed by atoms with Gasteiger partial charge in [0, 0.05) is 18.7 Å². The number of morpholine rings is 1. The first-order valence-corrected chi connectivity index (χ1v) is 7.98. The first kappa shape index (κ1) is 15.1. The molecule has 1 aliphatic rings. The summed E-state index contributed by atoms with van der Waals surface area (Å²) in [4.78, 5) is 10.2. The molecule has 1 saturated heterocycles. The van der Waals surface area contributed by atoms with E-state index >= 15 is 0 Å². The highest BCUT2D eigenvalue weighted by atomic mass is 32.2. The van der Waals surface area contributed by atoms with Crippen molar-refractivity contribution in [3.05, 3.63) is 16.2 Å². The molecule has 0 saturated carbocycles. The topological polar surface area (TPSA) is 128 Å². The Hall–Kier alpha value is -1.27. The predicted octanol–water partition coefficient (Wildman–Crippen LogP) is 0.351. The summed E-state index contributed by atoms with van der Waals surface area (Å²) in [5.41, 5.74) is 1.80. The second-order valence-electron chi connectivity index (χ2n) is 4.22. The maximum Gasteiger partial charge on any atom is 0.306 e. The fourth-order valence-corrected chi connectivity index (χ4v) is 4.88. The third-order valence-corrected chi connectivity index (χ3v) is 6.41. The minimum Gasteiger partial charge on any atom is -0.378 e. The van der Waals surface area contributed by atoms with Crippen molar-refractivity contribution < 1.29 is 18.1 Å². The molecule has 0 aliphatic carbocycles. The summed E-state index contributed by atoms with van der Waals surface area (Å²) in [6, 6.07) is 0.710. The number of nitrogens with zero attached hydrogens (tertiary/aromatic N) is 2. The number of nitrogens with two attached hydrogens (primary N) is 1. The molecule has 0 aromatic carbocycles. The number of anilines is 1. The predicted molar refractivity (Wildman–Crippen MR) is 73.0 cm³/mol. The third-order valence-electron chi connectivity index (χ3n) is 2.89. The van der Waals surface area contributed by atoms with Gasteiger partial charge in [-0.1, -0.05) is 11.3 Å². The van der Waals surface area contributed by atoms with Crippen molar-refractivity contribution >= 4 is 32.0 Å². The number of ether oxygens (including phenoxy) is 1. The summed E-state index contributed by atoms with van der Waals surface area (Å²) in [5.74, 6) is 5.18. The van der Waals surface area contributed by atoms with Crippen molar-refractivity contribution in [3.8, 4) is 0 Å². The number of thiophene rings is 1. The number of rotatable bonds is 4. The summed E-state index contributed by atoms with van der Waals surface area (Å²) in [6.07, 6.45) is 0. The highest BCUT2D eigenvalue weighted by molar-refractivity contribution is 7.91. The lowest BCUT2D eigenvalue weighted by Gasteiger charge is -2.31. The maximum atomic E-state index is 12.5. The van der Waals surface area contributed by atoms with Crippen molar-refractivity contribution in [1.82, 2.24) is 4.31 Å². The number of hydrogen-bond acceptors (Lipinski definition) is 8. The Morgan fingerprint density at radius 2 is 2.35 bits per heavy atom. The second-order valence-corrected chi connectivity index (χ2v) is 7.39. The van der Waals surface area contributed by atoms with Gasteiger partial charge in [0.2, 0.25) is 0 Å². The van der Waals surface area contributed by atoms with E-state index in [9.17, 15) is 18.5 Å². The summed E-state index contributed by atoms with van der Waals surface area (Å²) in [5, 5.41) is 10.9. The third kappa shape index (κ3) is 2.62. The Morgan fingerprint density at radius 1 is 1.65 bits per heavy atom. The Morgan fingerprint density at radius 3 is 2.85 bits per heavy atom. The van der Waals surface area contributed by atoms with Crippen molar-refractivity contribution in [3.63, 3.8) is 0 Å². The number of nitrogens with one attached hydrogen (secondary N) is 1. The highest BCUT2D eigenvalue weighted by Gasteiger charge is 2.35. The van der Waals surface area contributed by atoms with Gasteiger partial charge in [-0.15, -0.1) is 0 Å². The molecule has 0 radical (unpaired) electrons. The van der Waals surface area contributed by atoms with Gasteiger partial charge in [-0.3, -0.25) is 10.1 Å². The zero-order valence-electron chi connectivity index (χ0n) is 10.6. The number of hydrazine groups is 1. The summed E-state index contributed by atoms with van der Waals surface area (Å²) in [6.45, 7) is 2.55. The molecular weight excluding hydrogens is 308 g/mol. The van der Waals surface area contributed by atoms with Crippen LogP contribution in [0.1, 0.15) is 6.92 Å². The van der Waals surface area contributed by atoms with Crippen LogP contribution in [-0.2, 0) is 14.8 Å². The molecule has 1 aliphatic heterocycles. The van der Waals surface area contributed by atoms with Gasteiger partial charge in [-0.2, -0.15) is 4.31 Å². The van der Waals surface area contributed by atoms with Crippen LogP contribution in [0.5, 0.6) is 0 Å². The van der Waals surface area contributed by atoms with Gasteiger partial charge in [0.15, 0.2) is 5.00 Å². The standard InChI is InChI=1S/C9H14N4O5S2/c1-6-5-18-3-2-12(6)20(16,17)8-4-7(13(14)15)9(11-10)19-8/h4,6,11H,2-3,5,10H2,1H3.